The number of amides is 1. The van der Waals surface area contributed by atoms with E-state index in [9.17, 15) is 4.79 Å². The van der Waals surface area contributed by atoms with Gasteiger partial charge < -0.3 is 20.9 Å². The lowest BCUT2D eigenvalue weighted by atomic mass is 9.93. The second-order valence-electron chi connectivity index (χ2n) is 8.93. The standard InChI is InChI=1S/C27H34N6O/c1-4-5-19(2)26-18-28-16-17-33(26)24-12-10-23(11-13-24)31-27-29-15-14-25(32-27)21-6-8-22(9-7-21)30-20(3)34/h6-15,19,26,28H,4-5,16-18H2,1-3H3,(H,30,34)(H,29,31,32). The summed E-state index contributed by atoms with van der Waals surface area (Å²) in [5.41, 5.74) is 4.75. The van der Waals surface area contributed by atoms with Crippen molar-refractivity contribution in [2.45, 2.75) is 39.7 Å². The molecule has 0 saturated carbocycles. The first-order valence-corrected chi connectivity index (χ1v) is 12.1. The van der Waals surface area contributed by atoms with Gasteiger partial charge in [-0.2, -0.15) is 0 Å². The number of anilines is 4. The van der Waals surface area contributed by atoms with Gasteiger partial charge in [0.2, 0.25) is 11.9 Å². The predicted octanol–water partition coefficient (Wildman–Crippen LogP) is 5.06. The maximum Gasteiger partial charge on any atom is 0.227 e. The van der Waals surface area contributed by atoms with Crippen molar-refractivity contribution in [2.24, 2.45) is 5.92 Å². The highest BCUT2D eigenvalue weighted by molar-refractivity contribution is 5.88. The third-order valence-electron chi connectivity index (χ3n) is 6.30. The molecule has 7 nitrogen and oxygen atoms in total. The summed E-state index contributed by atoms with van der Waals surface area (Å²) in [7, 11) is 0. The van der Waals surface area contributed by atoms with E-state index in [1.807, 2.05) is 30.3 Å². The summed E-state index contributed by atoms with van der Waals surface area (Å²) in [5, 5.41) is 9.66. The van der Waals surface area contributed by atoms with Crippen molar-refractivity contribution in [3.05, 3.63) is 60.8 Å². The van der Waals surface area contributed by atoms with E-state index in [0.29, 0.717) is 17.9 Å². The van der Waals surface area contributed by atoms with E-state index in [4.69, 9.17) is 0 Å². The van der Waals surface area contributed by atoms with E-state index >= 15 is 0 Å². The lowest BCUT2D eigenvalue weighted by molar-refractivity contribution is -0.114. The van der Waals surface area contributed by atoms with Crippen molar-refractivity contribution in [2.75, 3.05) is 35.2 Å². The van der Waals surface area contributed by atoms with Crippen LogP contribution in [-0.4, -0.2) is 41.6 Å². The lowest BCUT2D eigenvalue weighted by Crippen LogP contribution is -2.54. The van der Waals surface area contributed by atoms with Crippen LogP contribution in [0.25, 0.3) is 11.3 Å². The maximum absolute atomic E-state index is 11.2. The van der Waals surface area contributed by atoms with Gasteiger partial charge >= 0.3 is 0 Å². The average Bonchev–Trinajstić information content (AvgIpc) is 2.85. The van der Waals surface area contributed by atoms with Crippen LogP contribution in [0, 0.1) is 5.92 Å². The van der Waals surface area contributed by atoms with Crippen LogP contribution in [0.1, 0.15) is 33.6 Å². The van der Waals surface area contributed by atoms with Crippen LogP contribution < -0.4 is 20.9 Å². The van der Waals surface area contributed by atoms with E-state index in [1.165, 1.54) is 25.5 Å². The molecule has 178 valence electrons. The summed E-state index contributed by atoms with van der Waals surface area (Å²) in [5.74, 6) is 1.11. The first-order chi connectivity index (χ1) is 16.5. The third-order valence-corrected chi connectivity index (χ3v) is 6.30. The molecule has 3 aromatic rings. The molecule has 7 heteroatoms. The largest absolute Gasteiger partial charge is 0.366 e. The van der Waals surface area contributed by atoms with Crippen LogP contribution in [0.2, 0.25) is 0 Å². The van der Waals surface area contributed by atoms with E-state index < -0.39 is 0 Å². The summed E-state index contributed by atoms with van der Waals surface area (Å²) in [6, 6.07) is 18.6. The fourth-order valence-electron chi connectivity index (χ4n) is 4.57. The summed E-state index contributed by atoms with van der Waals surface area (Å²) < 4.78 is 0. The number of aromatic nitrogens is 2. The molecular formula is C27H34N6O. The molecule has 34 heavy (non-hydrogen) atoms. The van der Waals surface area contributed by atoms with Crippen LogP contribution in [0.5, 0.6) is 0 Å². The Hall–Kier alpha value is -3.45. The van der Waals surface area contributed by atoms with Gasteiger partial charge in [0.05, 0.1) is 5.69 Å². The van der Waals surface area contributed by atoms with Crippen molar-refractivity contribution in [3.8, 4) is 11.3 Å². The van der Waals surface area contributed by atoms with Crippen LogP contribution in [0.4, 0.5) is 23.0 Å². The van der Waals surface area contributed by atoms with Gasteiger partial charge in [0.1, 0.15) is 0 Å². The average molecular weight is 459 g/mol. The first-order valence-electron chi connectivity index (χ1n) is 12.1. The van der Waals surface area contributed by atoms with Crippen molar-refractivity contribution < 1.29 is 4.79 Å². The number of benzene rings is 2. The molecule has 1 saturated heterocycles. The molecule has 0 aliphatic carbocycles. The Morgan fingerprint density at radius 3 is 2.56 bits per heavy atom. The molecule has 1 fully saturated rings. The van der Waals surface area contributed by atoms with Gasteiger partial charge in [-0.05, 0) is 54.8 Å². The van der Waals surface area contributed by atoms with Crippen molar-refractivity contribution in [1.82, 2.24) is 15.3 Å². The monoisotopic (exact) mass is 458 g/mol. The third kappa shape index (κ3) is 5.91. The number of nitrogens with zero attached hydrogens (tertiary/aromatic N) is 3. The Bertz CT molecular complexity index is 1080. The molecule has 0 bridgehead atoms. The Morgan fingerprint density at radius 1 is 1.12 bits per heavy atom. The zero-order valence-corrected chi connectivity index (χ0v) is 20.2. The van der Waals surface area contributed by atoms with Gasteiger partial charge in [0.25, 0.3) is 0 Å². The molecule has 1 aliphatic heterocycles. The number of carbonyl (C=O) groups excluding carboxylic acids is 1. The van der Waals surface area contributed by atoms with Crippen molar-refractivity contribution >= 4 is 28.9 Å². The van der Waals surface area contributed by atoms with E-state index in [0.717, 1.165) is 42.3 Å². The zero-order chi connectivity index (χ0) is 23.9. The summed E-state index contributed by atoms with van der Waals surface area (Å²) in [6.07, 6.45) is 4.21. The fourth-order valence-corrected chi connectivity index (χ4v) is 4.57. The molecule has 0 spiro atoms. The number of piperazine rings is 1. The van der Waals surface area contributed by atoms with Gasteiger partial charge in [0, 0.05) is 61.4 Å². The SMILES string of the molecule is CCCC(C)C1CNCCN1c1ccc(Nc2nccc(-c3ccc(NC(C)=O)cc3)n2)cc1. The van der Waals surface area contributed by atoms with Gasteiger partial charge in [-0.3, -0.25) is 4.79 Å². The molecule has 2 heterocycles. The molecular weight excluding hydrogens is 424 g/mol. The normalized spacial score (nSPS) is 16.7. The predicted molar refractivity (Wildman–Crippen MR) is 140 cm³/mol. The lowest BCUT2D eigenvalue weighted by Gasteiger charge is -2.41. The molecule has 0 radical (unpaired) electrons. The zero-order valence-electron chi connectivity index (χ0n) is 20.2. The Balaban J connectivity index is 1.45. The maximum atomic E-state index is 11.2. The minimum absolute atomic E-state index is 0.0877. The topological polar surface area (TPSA) is 82.2 Å². The minimum Gasteiger partial charge on any atom is -0.366 e. The fraction of sp³-hybridized carbons (Fsp3) is 0.370. The van der Waals surface area contributed by atoms with Crippen LogP contribution in [0.15, 0.2) is 60.8 Å². The number of hydrogen-bond donors (Lipinski definition) is 3. The quantitative estimate of drug-likeness (QED) is 0.438. The summed E-state index contributed by atoms with van der Waals surface area (Å²) >= 11 is 0. The molecule has 2 aromatic carbocycles. The number of carbonyl (C=O) groups is 1. The second kappa shape index (κ2) is 11.1. The van der Waals surface area contributed by atoms with Gasteiger partial charge in [-0.25, -0.2) is 9.97 Å². The van der Waals surface area contributed by atoms with E-state index in [1.54, 1.807) is 6.20 Å². The number of nitrogens with one attached hydrogen (secondary N) is 3. The molecule has 4 rings (SSSR count). The van der Waals surface area contributed by atoms with Crippen LogP contribution in [-0.2, 0) is 4.79 Å². The number of hydrogen-bond acceptors (Lipinski definition) is 6. The molecule has 1 aromatic heterocycles. The molecule has 3 N–H and O–H groups in total. The molecule has 2 unspecified atom stereocenters. The summed E-state index contributed by atoms with van der Waals surface area (Å²) in [6.45, 7) is 9.20. The Labute approximate surface area is 202 Å². The van der Waals surface area contributed by atoms with E-state index in [-0.39, 0.29) is 5.91 Å². The Morgan fingerprint density at radius 2 is 1.85 bits per heavy atom. The van der Waals surface area contributed by atoms with Crippen LogP contribution in [0.3, 0.4) is 0 Å². The first kappa shape index (κ1) is 23.7. The summed E-state index contributed by atoms with van der Waals surface area (Å²) in [4.78, 5) is 22.8. The van der Waals surface area contributed by atoms with E-state index in [2.05, 4.69) is 68.9 Å². The van der Waals surface area contributed by atoms with Gasteiger partial charge in [-0.1, -0.05) is 32.4 Å². The minimum atomic E-state index is -0.0877. The molecule has 1 aliphatic rings. The van der Waals surface area contributed by atoms with Crippen molar-refractivity contribution in [1.29, 1.82) is 0 Å². The van der Waals surface area contributed by atoms with Crippen LogP contribution >= 0.6 is 0 Å². The number of rotatable bonds is 8. The highest BCUT2D eigenvalue weighted by Crippen LogP contribution is 2.27. The molecule has 2 atom stereocenters. The smallest absolute Gasteiger partial charge is 0.227 e. The van der Waals surface area contributed by atoms with Gasteiger partial charge in [-0.15, -0.1) is 0 Å². The Kier molecular flexibility index (Phi) is 7.75. The molecule has 1 amide bonds. The van der Waals surface area contributed by atoms with Crippen molar-refractivity contribution in [3.63, 3.8) is 0 Å². The highest BCUT2D eigenvalue weighted by Gasteiger charge is 2.26. The van der Waals surface area contributed by atoms with Gasteiger partial charge in [0.15, 0.2) is 0 Å². The second-order valence-corrected chi connectivity index (χ2v) is 8.93. The highest BCUT2D eigenvalue weighted by atomic mass is 16.1.